The minimum atomic E-state index is -4.78. The van der Waals surface area contributed by atoms with E-state index in [1.165, 1.54) is 0 Å². The van der Waals surface area contributed by atoms with Gasteiger partial charge in [-0.3, -0.25) is 0 Å². The monoisotopic (exact) mass is 432 g/mol. The van der Waals surface area contributed by atoms with Crippen molar-refractivity contribution in [2.24, 2.45) is 0 Å². The van der Waals surface area contributed by atoms with Crippen molar-refractivity contribution in [2.45, 2.75) is 0 Å². The summed E-state index contributed by atoms with van der Waals surface area (Å²) in [4.78, 5) is 80.5. The molecule has 96 valence electrons. The van der Waals surface area contributed by atoms with Crippen molar-refractivity contribution in [1.29, 1.82) is 0 Å². The molecule has 0 aromatic carbocycles. The van der Waals surface area contributed by atoms with Gasteiger partial charge in [0.2, 0.25) is 0 Å². The molecule has 19 heteroatoms. The van der Waals surface area contributed by atoms with E-state index in [0.717, 1.165) is 0 Å². The van der Waals surface area contributed by atoms with Crippen LogP contribution in [0, 0.1) is 0 Å². The molecule has 0 fully saturated rings. The second-order valence-electron chi connectivity index (χ2n) is 1.50. The van der Waals surface area contributed by atoms with Gasteiger partial charge in [0.15, 0.2) is 0 Å². The van der Waals surface area contributed by atoms with Crippen molar-refractivity contribution < 1.29 is 43.2 Å². The van der Waals surface area contributed by atoms with Crippen molar-refractivity contribution in [2.75, 3.05) is 0 Å². The molecule has 0 amide bonds. The van der Waals surface area contributed by atoms with Gasteiger partial charge < -0.3 is 103 Å². The van der Waals surface area contributed by atoms with E-state index in [1.54, 1.807) is 0 Å². The first-order valence-electron chi connectivity index (χ1n) is 2.45. The van der Waals surface area contributed by atoms with E-state index in [0.29, 0.717) is 0 Å². The van der Waals surface area contributed by atoms with Crippen molar-refractivity contribution in [1.82, 2.24) is 0 Å². The van der Waals surface area contributed by atoms with Gasteiger partial charge in [-0.2, -0.15) is 0 Å². The van der Waals surface area contributed by atoms with Gasteiger partial charge in [-0.25, -0.2) is 0 Å². The van der Waals surface area contributed by atoms with E-state index >= 15 is 0 Å². The Morgan fingerprint density at radius 2 is 0.368 bits per heavy atom. The predicted molar refractivity (Wildman–Crippen MR) is 62.4 cm³/mol. The van der Waals surface area contributed by atoms with Crippen LogP contribution in [-0.2, 0) is 36.2 Å². The SMILES string of the molecule is [Al+3].[Al+3].[Al+3].[Al+3].[O-][Si]([O-])([O-])[S-].[O-][Si]([O-])([O-])[S-].[O-][Si]([O-])([O-])[S-]. The van der Waals surface area contributed by atoms with Crippen LogP contribution in [-0.4, -0.2) is 93.3 Å². The van der Waals surface area contributed by atoms with Crippen molar-refractivity contribution in [3.63, 3.8) is 0 Å². The van der Waals surface area contributed by atoms with Gasteiger partial charge in [-0.05, 0) is 0 Å². The third kappa shape index (κ3) is 676. The van der Waals surface area contributed by atoms with Gasteiger partial charge in [0.1, 0.15) is 0 Å². The molecule has 0 radical (unpaired) electrons. The molecule has 0 aliphatic carbocycles. The van der Waals surface area contributed by atoms with Gasteiger partial charge in [0, 0.05) is 0 Å². The molecule has 0 aromatic heterocycles. The number of rotatable bonds is 0. The summed E-state index contributed by atoms with van der Waals surface area (Å²) in [6.07, 6.45) is 0. The second-order valence-corrected chi connectivity index (χ2v) is 9.00. The summed E-state index contributed by atoms with van der Waals surface area (Å²) in [6.45, 7) is 0. The molecule has 0 rings (SSSR count). The smallest absolute Gasteiger partial charge is 0.897 e. The standard InChI is InChI=1S/4Al.3O3SSi/c;;;;3*1-5(2,3)4/q4*+3;3*-4. The first-order valence-corrected chi connectivity index (χ1v) is 11.0. The van der Waals surface area contributed by atoms with E-state index in [2.05, 4.69) is 36.2 Å². The van der Waals surface area contributed by atoms with Gasteiger partial charge in [0.25, 0.3) is 0 Å². The fourth-order valence-corrected chi connectivity index (χ4v) is 0. The van der Waals surface area contributed by atoms with E-state index in [1.807, 2.05) is 0 Å². The van der Waals surface area contributed by atoms with Crippen LogP contribution in [0.2, 0.25) is 0 Å². The molecule has 0 aliphatic heterocycles. The molecule has 0 N–H and O–H groups in total. The molecule has 19 heavy (non-hydrogen) atoms. The molecular formula is Al4O9S3Si3. The third-order valence-corrected chi connectivity index (χ3v) is 0. The minimum Gasteiger partial charge on any atom is -0.897 e. The summed E-state index contributed by atoms with van der Waals surface area (Å²) < 4.78 is 0. The first-order chi connectivity index (χ1) is 6.00. The van der Waals surface area contributed by atoms with Crippen LogP contribution in [0.4, 0.5) is 0 Å². The number of hydrogen-bond acceptors (Lipinski definition) is 12. The van der Waals surface area contributed by atoms with Gasteiger partial charge in [0.05, 0.1) is 0 Å². The van der Waals surface area contributed by atoms with Crippen LogP contribution in [0.25, 0.3) is 0 Å². The summed E-state index contributed by atoms with van der Waals surface area (Å²) >= 11 is 9.90. The molecule has 0 saturated carbocycles. The van der Waals surface area contributed by atoms with Crippen LogP contribution in [0.1, 0.15) is 0 Å². The normalized spacial score (nSPS) is 9.47. The van der Waals surface area contributed by atoms with Crippen LogP contribution < -0.4 is 43.2 Å². The zero-order chi connectivity index (χ0) is 13.5. The maximum absolute atomic E-state index is 8.95. The zero-order valence-corrected chi connectivity index (χ0v) is 18.8. The molecule has 0 bridgehead atoms. The largest absolute Gasteiger partial charge is 3.00 e. The molecule has 0 heterocycles. The Kier molecular flexibility index (Phi) is 44.5. The quantitative estimate of drug-likeness (QED) is 0.258. The predicted octanol–water partition coefficient (Wildman–Crippen LogP) is -13.4. The van der Waals surface area contributed by atoms with Crippen molar-refractivity contribution >= 4 is 130 Å². The summed E-state index contributed by atoms with van der Waals surface area (Å²) in [5.74, 6) is 0. The Labute approximate surface area is 171 Å². The summed E-state index contributed by atoms with van der Waals surface area (Å²) in [5, 5.41) is 0. The van der Waals surface area contributed by atoms with Gasteiger partial charge in [-0.1, -0.05) is 0 Å². The molecule has 0 aliphatic rings. The minimum absolute atomic E-state index is 0. The molecule has 0 atom stereocenters. The Morgan fingerprint density at radius 3 is 0.368 bits per heavy atom. The molecule has 0 aromatic rings. The third-order valence-electron chi connectivity index (χ3n) is 0. The van der Waals surface area contributed by atoms with Gasteiger partial charge >= 0.3 is 69.4 Å². The molecule has 0 spiro atoms. The molecule has 0 saturated heterocycles. The Balaban J connectivity index is -0.0000000206. The van der Waals surface area contributed by atoms with E-state index in [9.17, 15) is 0 Å². The van der Waals surface area contributed by atoms with Crippen LogP contribution in [0.15, 0.2) is 0 Å². The average Bonchev–Trinajstić information content (AvgIpc) is 1.41. The fraction of sp³-hybridized carbons (Fsp3) is 0. The average molecular weight is 432 g/mol. The van der Waals surface area contributed by atoms with E-state index in [4.69, 9.17) is 43.2 Å². The summed E-state index contributed by atoms with van der Waals surface area (Å²) in [5.41, 5.74) is 0. The van der Waals surface area contributed by atoms with Crippen LogP contribution >= 0.6 is 0 Å². The van der Waals surface area contributed by atoms with Crippen LogP contribution in [0.3, 0.4) is 0 Å². The maximum atomic E-state index is 8.95. The summed E-state index contributed by atoms with van der Waals surface area (Å²) in [7, 11) is -14.3. The zero-order valence-electron chi connectivity index (χ0n) is 8.71. The topological polar surface area (TPSA) is 208 Å². The maximum Gasteiger partial charge on any atom is 3.00 e. The first kappa shape index (κ1) is 43.3. The van der Waals surface area contributed by atoms with Crippen LogP contribution in [0.5, 0.6) is 0 Å². The Hall–Kier alpha value is 3.47. The van der Waals surface area contributed by atoms with Crippen molar-refractivity contribution in [3.05, 3.63) is 0 Å². The molecule has 0 unspecified atom stereocenters. The number of hydrogen-bond donors (Lipinski definition) is 0. The van der Waals surface area contributed by atoms with E-state index in [-0.39, 0.29) is 69.4 Å². The fourth-order valence-electron chi connectivity index (χ4n) is 0. The molecular weight excluding hydrogens is 432 g/mol. The van der Waals surface area contributed by atoms with Gasteiger partial charge in [-0.15, -0.1) is 0 Å². The Bertz CT molecular complexity index is 110. The summed E-state index contributed by atoms with van der Waals surface area (Å²) in [6, 6.07) is 0. The Morgan fingerprint density at radius 1 is 0.368 bits per heavy atom. The van der Waals surface area contributed by atoms with E-state index < -0.39 is 23.9 Å². The second kappa shape index (κ2) is 19.5. The van der Waals surface area contributed by atoms with Crippen molar-refractivity contribution in [3.8, 4) is 0 Å². The molecule has 9 nitrogen and oxygen atoms in total.